The van der Waals surface area contributed by atoms with Gasteiger partial charge in [-0.15, -0.1) is 24.8 Å². The molecule has 0 radical (unpaired) electrons. The number of rotatable bonds is 4. The second kappa shape index (κ2) is 9.62. The number of carbonyl (C=O) groups is 1. The molecule has 6 nitrogen and oxygen atoms in total. The molecule has 0 atom stereocenters. The third-order valence-corrected chi connectivity index (χ3v) is 3.60. The highest BCUT2D eigenvalue weighted by molar-refractivity contribution is 5.93. The summed E-state index contributed by atoms with van der Waals surface area (Å²) < 4.78 is 0. The van der Waals surface area contributed by atoms with Crippen molar-refractivity contribution in [2.75, 3.05) is 39.3 Å². The Bertz CT molecular complexity index is 634. The molecule has 1 aliphatic heterocycles. The van der Waals surface area contributed by atoms with Crippen LogP contribution >= 0.6 is 24.8 Å². The Morgan fingerprint density at radius 2 is 1.87 bits per heavy atom. The fraction of sp³-hybridized carbons (Fsp3) is 0.400. The fourth-order valence-electron chi connectivity index (χ4n) is 2.42. The second-order valence-corrected chi connectivity index (χ2v) is 5.09. The van der Waals surface area contributed by atoms with Crippen LogP contribution in [0.4, 0.5) is 0 Å². The lowest BCUT2D eigenvalue weighted by molar-refractivity contribution is 0.0942. The van der Waals surface area contributed by atoms with Gasteiger partial charge in [0.1, 0.15) is 5.69 Å². The summed E-state index contributed by atoms with van der Waals surface area (Å²) in [5, 5.41) is 6.22. The quantitative estimate of drug-likeness (QED) is 0.857. The summed E-state index contributed by atoms with van der Waals surface area (Å²) in [4.78, 5) is 23.0. The molecule has 2 heterocycles. The second-order valence-electron chi connectivity index (χ2n) is 5.09. The van der Waals surface area contributed by atoms with E-state index in [0.29, 0.717) is 12.2 Å². The fourth-order valence-corrected chi connectivity index (χ4v) is 2.42. The van der Waals surface area contributed by atoms with Crippen LogP contribution in [0.15, 0.2) is 30.5 Å². The molecule has 2 N–H and O–H groups in total. The normalized spacial score (nSPS) is 14.6. The first kappa shape index (κ1) is 19.6. The lowest BCUT2D eigenvalue weighted by Crippen LogP contribution is -2.46. The van der Waals surface area contributed by atoms with Gasteiger partial charge in [-0.05, 0) is 12.1 Å². The summed E-state index contributed by atoms with van der Waals surface area (Å²) in [7, 11) is 0. The summed E-state index contributed by atoms with van der Waals surface area (Å²) in [5.41, 5.74) is 1.91. The first-order valence-corrected chi connectivity index (χ1v) is 7.26. The van der Waals surface area contributed by atoms with Crippen LogP contribution in [-0.2, 0) is 0 Å². The van der Waals surface area contributed by atoms with Crippen LogP contribution < -0.4 is 10.6 Å². The monoisotopic (exact) mass is 357 g/mol. The molecule has 0 spiro atoms. The first-order valence-electron chi connectivity index (χ1n) is 7.26. The van der Waals surface area contributed by atoms with Gasteiger partial charge in [0.25, 0.3) is 5.91 Å². The van der Waals surface area contributed by atoms with Crippen LogP contribution in [0.25, 0.3) is 11.0 Å². The molecule has 1 fully saturated rings. The van der Waals surface area contributed by atoms with E-state index in [1.807, 2.05) is 24.3 Å². The number of carbonyl (C=O) groups excluding carboxylic acids is 1. The Morgan fingerprint density at radius 3 is 2.61 bits per heavy atom. The number of hydrogen-bond donors (Lipinski definition) is 2. The van der Waals surface area contributed by atoms with Gasteiger partial charge in [-0.1, -0.05) is 12.1 Å². The third kappa shape index (κ3) is 5.28. The Balaban J connectivity index is 0.00000132. The molecule has 0 aliphatic carbocycles. The van der Waals surface area contributed by atoms with Gasteiger partial charge in [0.2, 0.25) is 0 Å². The highest BCUT2D eigenvalue weighted by Gasteiger charge is 2.11. The van der Waals surface area contributed by atoms with E-state index in [1.54, 1.807) is 0 Å². The number of hydrogen-bond acceptors (Lipinski definition) is 5. The molecule has 2 aromatic rings. The number of nitrogens with zero attached hydrogens (tertiary/aromatic N) is 3. The maximum atomic E-state index is 12.1. The van der Waals surface area contributed by atoms with Crippen LogP contribution in [0, 0.1) is 0 Å². The molecule has 3 rings (SSSR count). The number of piperazine rings is 1. The van der Waals surface area contributed by atoms with Gasteiger partial charge in [0.15, 0.2) is 0 Å². The summed E-state index contributed by atoms with van der Waals surface area (Å²) in [6.45, 7) is 5.60. The summed E-state index contributed by atoms with van der Waals surface area (Å²) in [6, 6.07) is 7.54. The molecule has 23 heavy (non-hydrogen) atoms. The topological polar surface area (TPSA) is 70.2 Å². The molecule has 8 heteroatoms. The number of halogens is 2. The third-order valence-electron chi connectivity index (χ3n) is 3.60. The molecule has 0 bridgehead atoms. The summed E-state index contributed by atoms with van der Waals surface area (Å²) in [6.07, 6.45) is 1.53. The Labute approximate surface area is 147 Å². The van der Waals surface area contributed by atoms with E-state index in [9.17, 15) is 4.79 Å². The number of amides is 1. The minimum Gasteiger partial charge on any atom is -0.349 e. The zero-order valence-corrected chi connectivity index (χ0v) is 14.3. The summed E-state index contributed by atoms with van der Waals surface area (Å²) >= 11 is 0. The molecule has 126 valence electrons. The van der Waals surface area contributed by atoms with E-state index in [2.05, 4.69) is 25.5 Å². The van der Waals surface area contributed by atoms with Gasteiger partial charge < -0.3 is 10.6 Å². The Kier molecular flexibility index (Phi) is 8.19. The van der Waals surface area contributed by atoms with E-state index in [4.69, 9.17) is 0 Å². The SMILES string of the molecule is Cl.Cl.O=C(NCCN1CCNCC1)c1cnc2ccccc2n1. The number of aromatic nitrogens is 2. The Morgan fingerprint density at radius 1 is 1.17 bits per heavy atom. The Hall–Kier alpha value is -1.47. The van der Waals surface area contributed by atoms with E-state index < -0.39 is 0 Å². The zero-order chi connectivity index (χ0) is 14.5. The molecule has 0 saturated carbocycles. The lowest BCUT2D eigenvalue weighted by Gasteiger charge is -2.27. The van der Waals surface area contributed by atoms with Crippen molar-refractivity contribution in [3.8, 4) is 0 Å². The van der Waals surface area contributed by atoms with E-state index >= 15 is 0 Å². The number of fused-ring (bicyclic) bond motifs is 1. The van der Waals surface area contributed by atoms with Crippen molar-refractivity contribution in [2.24, 2.45) is 0 Å². The van der Waals surface area contributed by atoms with Crippen molar-refractivity contribution in [2.45, 2.75) is 0 Å². The maximum absolute atomic E-state index is 12.1. The molecule has 1 amide bonds. The van der Waals surface area contributed by atoms with Crippen molar-refractivity contribution in [3.05, 3.63) is 36.2 Å². The highest BCUT2D eigenvalue weighted by atomic mass is 35.5. The van der Waals surface area contributed by atoms with Gasteiger partial charge in [0, 0.05) is 39.3 Å². The predicted molar refractivity (Wildman–Crippen MR) is 95.7 cm³/mol. The highest BCUT2D eigenvalue weighted by Crippen LogP contribution is 2.08. The molecule has 1 saturated heterocycles. The van der Waals surface area contributed by atoms with Gasteiger partial charge in [-0.2, -0.15) is 0 Å². The van der Waals surface area contributed by atoms with Crippen LogP contribution in [0.1, 0.15) is 10.5 Å². The smallest absolute Gasteiger partial charge is 0.271 e. The minimum atomic E-state index is -0.164. The molecular formula is C15H21Cl2N5O. The van der Waals surface area contributed by atoms with Gasteiger partial charge >= 0.3 is 0 Å². The van der Waals surface area contributed by atoms with Gasteiger partial charge in [-0.3, -0.25) is 14.7 Å². The van der Waals surface area contributed by atoms with Crippen molar-refractivity contribution in [1.82, 2.24) is 25.5 Å². The molecular weight excluding hydrogens is 337 g/mol. The predicted octanol–water partition coefficient (Wildman–Crippen LogP) is 1.11. The van der Waals surface area contributed by atoms with Crippen LogP contribution in [0.2, 0.25) is 0 Å². The number of nitrogens with one attached hydrogen (secondary N) is 2. The van der Waals surface area contributed by atoms with Gasteiger partial charge in [-0.25, -0.2) is 4.98 Å². The molecule has 1 aliphatic rings. The number of benzene rings is 1. The van der Waals surface area contributed by atoms with Crippen molar-refractivity contribution in [3.63, 3.8) is 0 Å². The average molecular weight is 358 g/mol. The van der Waals surface area contributed by atoms with Crippen molar-refractivity contribution in [1.29, 1.82) is 0 Å². The van der Waals surface area contributed by atoms with E-state index in [0.717, 1.165) is 43.8 Å². The molecule has 0 unspecified atom stereocenters. The van der Waals surface area contributed by atoms with Crippen molar-refractivity contribution < 1.29 is 4.79 Å². The summed E-state index contributed by atoms with van der Waals surface area (Å²) in [5.74, 6) is -0.164. The molecule has 1 aromatic heterocycles. The van der Waals surface area contributed by atoms with E-state index in [1.165, 1.54) is 6.20 Å². The van der Waals surface area contributed by atoms with E-state index in [-0.39, 0.29) is 30.7 Å². The average Bonchev–Trinajstić information content (AvgIpc) is 2.55. The standard InChI is InChI=1S/C15H19N5O.2ClH/c21-15(17-7-10-20-8-5-16-6-9-20)14-11-18-12-3-1-2-4-13(12)19-14;;/h1-4,11,16H,5-10H2,(H,17,21);2*1H. The van der Waals surface area contributed by atoms with Crippen LogP contribution in [0.3, 0.4) is 0 Å². The van der Waals surface area contributed by atoms with Gasteiger partial charge in [0.05, 0.1) is 17.2 Å². The van der Waals surface area contributed by atoms with Crippen molar-refractivity contribution >= 4 is 41.8 Å². The maximum Gasteiger partial charge on any atom is 0.271 e. The largest absolute Gasteiger partial charge is 0.349 e. The lowest BCUT2D eigenvalue weighted by atomic mass is 10.3. The van der Waals surface area contributed by atoms with Crippen LogP contribution in [0.5, 0.6) is 0 Å². The molecule has 1 aromatic carbocycles. The number of para-hydroxylation sites is 2. The first-order chi connectivity index (χ1) is 10.3. The minimum absolute atomic E-state index is 0. The van der Waals surface area contributed by atoms with Crippen LogP contribution in [-0.4, -0.2) is 60.0 Å². The zero-order valence-electron chi connectivity index (χ0n) is 12.7.